The van der Waals surface area contributed by atoms with Crippen LogP contribution in [0.2, 0.25) is 0 Å². The molecule has 94 valence electrons. The van der Waals surface area contributed by atoms with E-state index in [0.717, 1.165) is 15.7 Å². The molecule has 0 spiro atoms. The first kappa shape index (κ1) is 12.9. The first-order chi connectivity index (χ1) is 8.58. The van der Waals surface area contributed by atoms with Gasteiger partial charge in [-0.25, -0.2) is 0 Å². The fraction of sp³-hybridized carbons (Fsp3) is 0.214. The van der Waals surface area contributed by atoms with Crippen molar-refractivity contribution in [1.82, 2.24) is 4.57 Å². The van der Waals surface area contributed by atoms with Crippen molar-refractivity contribution in [1.29, 1.82) is 0 Å². The SMILES string of the molecule is Cc1ccc(NCc2ccc(Br)cc2)c(=O)n1C. The second kappa shape index (κ2) is 5.40. The van der Waals surface area contributed by atoms with Crippen molar-refractivity contribution in [3.63, 3.8) is 0 Å². The fourth-order valence-corrected chi connectivity index (χ4v) is 1.93. The van der Waals surface area contributed by atoms with Gasteiger partial charge in [-0.3, -0.25) is 4.79 Å². The first-order valence-electron chi connectivity index (χ1n) is 5.73. The Morgan fingerprint density at radius 3 is 2.50 bits per heavy atom. The summed E-state index contributed by atoms with van der Waals surface area (Å²) in [4.78, 5) is 12.0. The zero-order valence-corrected chi connectivity index (χ0v) is 12.0. The summed E-state index contributed by atoms with van der Waals surface area (Å²) in [6, 6.07) is 11.8. The average molecular weight is 307 g/mol. The highest BCUT2D eigenvalue weighted by Crippen LogP contribution is 2.11. The number of hydrogen-bond donors (Lipinski definition) is 1. The lowest BCUT2D eigenvalue weighted by molar-refractivity contribution is 0.818. The highest BCUT2D eigenvalue weighted by atomic mass is 79.9. The quantitative estimate of drug-likeness (QED) is 0.945. The summed E-state index contributed by atoms with van der Waals surface area (Å²) >= 11 is 3.40. The maximum absolute atomic E-state index is 12.0. The molecule has 1 heterocycles. The molecule has 4 heteroatoms. The molecule has 0 bridgehead atoms. The van der Waals surface area contributed by atoms with Gasteiger partial charge in [-0.2, -0.15) is 0 Å². The minimum Gasteiger partial charge on any atom is -0.377 e. The highest BCUT2D eigenvalue weighted by Gasteiger charge is 2.02. The maximum Gasteiger partial charge on any atom is 0.273 e. The van der Waals surface area contributed by atoms with Crippen LogP contribution in [0.15, 0.2) is 45.7 Å². The Bertz CT molecular complexity index is 602. The molecule has 0 saturated carbocycles. The van der Waals surface area contributed by atoms with Crippen LogP contribution in [0.5, 0.6) is 0 Å². The number of aromatic nitrogens is 1. The van der Waals surface area contributed by atoms with Crippen molar-refractivity contribution in [2.75, 3.05) is 5.32 Å². The van der Waals surface area contributed by atoms with E-state index in [1.165, 1.54) is 0 Å². The zero-order chi connectivity index (χ0) is 13.1. The van der Waals surface area contributed by atoms with Gasteiger partial charge < -0.3 is 9.88 Å². The van der Waals surface area contributed by atoms with Crippen LogP contribution >= 0.6 is 15.9 Å². The maximum atomic E-state index is 12.0. The molecule has 2 rings (SSSR count). The number of rotatable bonds is 3. The molecular weight excluding hydrogens is 292 g/mol. The summed E-state index contributed by atoms with van der Waals surface area (Å²) in [5, 5.41) is 3.17. The van der Waals surface area contributed by atoms with E-state index >= 15 is 0 Å². The van der Waals surface area contributed by atoms with Crippen LogP contribution in [0, 0.1) is 6.92 Å². The second-order valence-corrected chi connectivity index (χ2v) is 5.15. The van der Waals surface area contributed by atoms with E-state index in [-0.39, 0.29) is 5.56 Å². The van der Waals surface area contributed by atoms with Gasteiger partial charge in [0.2, 0.25) is 0 Å². The Labute approximate surface area is 115 Å². The summed E-state index contributed by atoms with van der Waals surface area (Å²) in [5.74, 6) is 0. The lowest BCUT2D eigenvalue weighted by Crippen LogP contribution is -2.22. The average Bonchev–Trinajstić information content (AvgIpc) is 2.37. The standard InChI is InChI=1S/C14H15BrN2O/c1-10-3-8-13(14(18)17(10)2)16-9-11-4-6-12(15)7-5-11/h3-8,16H,9H2,1-2H3. The molecule has 0 aliphatic heterocycles. The molecule has 0 fully saturated rings. The van der Waals surface area contributed by atoms with Crippen molar-refractivity contribution in [3.05, 3.63) is 62.5 Å². The van der Waals surface area contributed by atoms with Gasteiger partial charge in [0.05, 0.1) is 0 Å². The van der Waals surface area contributed by atoms with Gasteiger partial charge in [0.1, 0.15) is 5.69 Å². The Morgan fingerprint density at radius 2 is 1.83 bits per heavy atom. The molecule has 0 radical (unpaired) electrons. The van der Waals surface area contributed by atoms with E-state index in [1.54, 1.807) is 11.6 Å². The number of pyridine rings is 1. The number of halogens is 1. The summed E-state index contributed by atoms with van der Waals surface area (Å²) < 4.78 is 2.70. The zero-order valence-electron chi connectivity index (χ0n) is 10.4. The second-order valence-electron chi connectivity index (χ2n) is 4.23. The molecule has 3 nitrogen and oxygen atoms in total. The van der Waals surface area contributed by atoms with Gasteiger partial charge in [-0.05, 0) is 36.8 Å². The van der Waals surface area contributed by atoms with Gasteiger partial charge in [0.25, 0.3) is 5.56 Å². The van der Waals surface area contributed by atoms with Crippen molar-refractivity contribution >= 4 is 21.6 Å². The first-order valence-corrected chi connectivity index (χ1v) is 6.52. The van der Waals surface area contributed by atoms with Crippen LogP contribution in [0.4, 0.5) is 5.69 Å². The molecule has 0 aliphatic rings. The van der Waals surface area contributed by atoms with Crippen LogP contribution in [0.25, 0.3) is 0 Å². The molecule has 18 heavy (non-hydrogen) atoms. The molecular formula is C14H15BrN2O. The number of hydrogen-bond acceptors (Lipinski definition) is 2. The summed E-state index contributed by atoms with van der Waals surface area (Å²) in [7, 11) is 1.78. The van der Waals surface area contributed by atoms with Crippen molar-refractivity contribution in [3.8, 4) is 0 Å². The highest BCUT2D eigenvalue weighted by molar-refractivity contribution is 9.10. The normalized spacial score (nSPS) is 10.4. The third-order valence-corrected chi connectivity index (χ3v) is 3.48. The topological polar surface area (TPSA) is 34.0 Å². The predicted molar refractivity (Wildman–Crippen MR) is 77.9 cm³/mol. The van der Waals surface area contributed by atoms with E-state index in [2.05, 4.69) is 21.2 Å². The van der Waals surface area contributed by atoms with E-state index in [4.69, 9.17) is 0 Å². The molecule has 2 aromatic rings. The molecule has 1 N–H and O–H groups in total. The summed E-state index contributed by atoms with van der Waals surface area (Å²) in [6.07, 6.45) is 0. The summed E-state index contributed by atoms with van der Waals surface area (Å²) in [5.41, 5.74) is 2.73. The number of benzene rings is 1. The minimum atomic E-state index is 0.00658. The fourth-order valence-electron chi connectivity index (χ4n) is 1.66. The Balaban J connectivity index is 2.14. The van der Waals surface area contributed by atoms with Crippen LogP contribution < -0.4 is 10.9 Å². The van der Waals surface area contributed by atoms with E-state index in [9.17, 15) is 4.79 Å². The number of nitrogens with zero attached hydrogens (tertiary/aromatic N) is 1. The Kier molecular flexibility index (Phi) is 3.87. The molecule has 0 aliphatic carbocycles. The van der Waals surface area contributed by atoms with E-state index in [1.807, 2.05) is 43.3 Å². The van der Waals surface area contributed by atoms with E-state index < -0.39 is 0 Å². The molecule has 0 saturated heterocycles. The van der Waals surface area contributed by atoms with Crippen molar-refractivity contribution < 1.29 is 0 Å². The molecule has 1 aromatic carbocycles. The number of anilines is 1. The van der Waals surface area contributed by atoms with Gasteiger partial charge in [-0.1, -0.05) is 28.1 Å². The lowest BCUT2D eigenvalue weighted by atomic mass is 10.2. The monoisotopic (exact) mass is 306 g/mol. The molecule has 1 aromatic heterocycles. The summed E-state index contributed by atoms with van der Waals surface area (Å²) in [6.45, 7) is 2.56. The van der Waals surface area contributed by atoms with Gasteiger partial charge >= 0.3 is 0 Å². The largest absolute Gasteiger partial charge is 0.377 e. The van der Waals surface area contributed by atoms with Crippen LogP contribution in [-0.2, 0) is 13.6 Å². The van der Waals surface area contributed by atoms with Crippen LogP contribution in [0.3, 0.4) is 0 Å². The smallest absolute Gasteiger partial charge is 0.273 e. The molecule has 0 unspecified atom stereocenters. The van der Waals surface area contributed by atoms with Crippen molar-refractivity contribution in [2.45, 2.75) is 13.5 Å². The number of aryl methyl sites for hydroxylation is 1. The Hall–Kier alpha value is -1.55. The van der Waals surface area contributed by atoms with E-state index in [0.29, 0.717) is 12.2 Å². The van der Waals surface area contributed by atoms with Crippen LogP contribution in [-0.4, -0.2) is 4.57 Å². The minimum absolute atomic E-state index is 0.00658. The lowest BCUT2D eigenvalue weighted by Gasteiger charge is -2.09. The predicted octanol–water partition coefficient (Wildman–Crippen LogP) is 3.07. The van der Waals surface area contributed by atoms with Gasteiger partial charge in [0.15, 0.2) is 0 Å². The molecule has 0 atom stereocenters. The molecule has 0 amide bonds. The number of nitrogens with one attached hydrogen (secondary N) is 1. The Morgan fingerprint density at radius 1 is 1.17 bits per heavy atom. The third-order valence-electron chi connectivity index (χ3n) is 2.95. The van der Waals surface area contributed by atoms with Gasteiger partial charge in [-0.15, -0.1) is 0 Å². The van der Waals surface area contributed by atoms with Crippen LogP contribution in [0.1, 0.15) is 11.3 Å². The third kappa shape index (κ3) is 2.82. The van der Waals surface area contributed by atoms with Crippen molar-refractivity contribution in [2.24, 2.45) is 7.05 Å². The van der Waals surface area contributed by atoms with Gasteiger partial charge in [0, 0.05) is 23.8 Å².